The maximum atomic E-state index is 4.94. The van der Waals surface area contributed by atoms with Gasteiger partial charge in [0.25, 0.3) is 0 Å². The van der Waals surface area contributed by atoms with Crippen molar-refractivity contribution in [2.24, 2.45) is 20.0 Å². The highest BCUT2D eigenvalue weighted by molar-refractivity contribution is 6.83. The summed E-state index contributed by atoms with van der Waals surface area (Å²) in [5.41, 5.74) is 13.6. The monoisotopic (exact) mass is 480 g/mol. The summed E-state index contributed by atoms with van der Waals surface area (Å²) in [6.07, 6.45) is 22.2. The van der Waals surface area contributed by atoms with E-state index in [2.05, 4.69) is 66.4 Å². The van der Waals surface area contributed by atoms with E-state index in [0.717, 1.165) is 62.3 Å². The highest BCUT2D eigenvalue weighted by atomic mass is 28.3. The molecule has 8 bridgehead atoms. The zero-order valence-electron chi connectivity index (χ0n) is 20.4. The molecule has 4 nitrogen and oxygen atoms in total. The standard InChI is InChI=1S/C31H24N4Si/c1-36(2,3)15-14-21-4-6-22(7-5-21)30-19-29-18-27-11-10-25(33-27)16-23-8-9-24(32-23)17-26-12-13-28(34-26)20-31(30)35-29/h4-13,16-20H,1-3H3. The van der Waals surface area contributed by atoms with E-state index in [1.165, 1.54) is 0 Å². The summed E-state index contributed by atoms with van der Waals surface area (Å²) < 4.78 is 0. The van der Waals surface area contributed by atoms with Crippen LogP contribution in [0.2, 0.25) is 19.6 Å². The second-order valence-electron chi connectivity index (χ2n) is 10.0. The van der Waals surface area contributed by atoms with Crippen molar-refractivity contribution in [1.82, 2.24) is 0 Å². The van der Waals surface area contributed by atoms with E-state index in [-0.39, 0.29) is 0 Å². The number of aliphatic imine (C=N–C) groups is 4. The molecule has 0 atom stereocenters. The highest BCUT2D eigenvalue weighted by Gasteiger charge is 2.18. The van der Waals surface area contributed by atoms with Gasteiger partial charge in [0.15, 0.2) is 0 Å². The lowest BCUT2D eigenvalue weighted by molar-refractivity contribution is 1.41. The van der Waals surface area contributed by atoms with Gasteiger partial charge in [0, 0.05) is 11.1 Å². The number of hydrogen-bond acceptors (Lipinski definition) is 4. The molecule has 0 aromatic heterocycles. The predicted octanol–water partition coefficient (Wildman–Crippen LogP) is 6.34. The van der Waals surface area contributed by atoms with Crippen LogP contribution in [0.25, 0.3) is 5.57 Å². The molecule has 0 N–H and O–H groups in total. The van der Waals surface area contributed by atoms with Crippen molar-refractivity contribution >= 4 is 36.5 Å². The maximum Gasteiger partial charge on any atom is 0.129 e. The fourth-order valence-corrected chi connectivity index (χ4v) is 4.64. The van der Waals surface area contributed by atoms with Crippen LogP contribution in [0.1, 0.15) is 11.1 Å². The second-order valence-corrected chi connectivity index (χ2v) is 14.8. The lowest BCUT2D eigenvalue weighted by atomic mass is 10.00. The third-order valence-electron chi connectivity index (χ3n) is 5.82. The van der Waals surface area contributed by atoms with Gasteiger partial charge in [0.05, 0.1) is 45.6 Å². The molecule has 0 saturated carbocycles. The maximum absolute atomic E-state index is 4.94. The molecule has 5 heterocycles. The Morgan fingerprint density at radius 2 is 1.08 bits per heavy atom. The summed E-state index contributed by atoms with van der Waals surface area (Å²) in [7, 11) is -1.42. The summed E-state index contributed by atoms with van der Waals surface area (Å²) in [5.74, 6) is 3.34. The van der Waals surface area contributed by atoms with Crippen LogP contribution in [-0.2, 0) is 0 Å². The Balaban J connectivity index is 1.41. The Hall–Kier alpha value is -4.40. The van der Waals surface area contributed by atoms with Crippen molar-refractivity contribution < 1.29 is 0 Å². The molecule has 0 saturated heterocycles. The van der Waals surface area contributed by atoms with Crippen LogP contribution in [0.5, 0.6) is 0 Å². The molecule has 1 aromatic carbocycles. The van der Waals surface area contributed by atoms with Gasteiger partial charge in [0.2, 0.25) is 0 Å². The minimum Gasteiger partial charge on any atom is -0.249 e. The minimum atomic E-state index is -1.42. The number of benzene rings is 1. The lowest BCUT2D eigenvalue weighted by Gasteiger charge is -2.05. The fourth-order valence-electron chi connectivity index (χ4n) is 4.12. The van der Waals surface area contributed by atoms with Gasteiger partial charge in [-0.1, -0.05) is 37.7 Å². The van der Waals surface area contributed by atoms with Gasteiger partial charge in [-0.2, -0.15) is 0 Å². The molecule has 5 heteroatoms. The van der Waals surface area contributed by atoms with Gasteiger partial charge in [-0.15, -0.1) is 5.54 Å². The van der Waals surface area contributed by atoms with Crippen molar-refractivity contribution in [3.05, 3.63) is 125 Å². The SMILES string of the molecule is C[Si](C)(C)C#Cc1ccc(C2=CC3=CC4=NC(=CC5=NC(=CC6=NC(=CC2=N3)C=C6)C=C5)C=C4)cc1. The molecule has 0 radical (unpaired) electrons. The van der Waals surface area contributed by atoms with Gasteiger partial charge in [-0.05, 0) is 84.5 Å². The van der Waals surface area contributed by atoms with E-state index in [4.69, 9.17) is 15.0 Å². The molecule has 6 rings (SSSR count). The molecule has 5 aliphatic heterocycles. The Bertz CT molecular complexity index is 1620. The van der Waals surface area contributed by atoms with Crippen LogP contribution in [0.4, 0.5) is 0 Å². The molecule has 1 aromatic rings. The topological polar surface area (TPSA) is 49.4 Å². The third kappa shape index (κ3) is 4.86. The van der Waals surface area contributed by atoms with Crippen molar-refractivity contribution in [2.75, 3.05) is 0 Å². The van der Waals surface area contributed by atoms with Gasteiger partial charge >= 0.3 is 0 Å². The van der Waals surface area contributed by atoms with Gasteiger partial charge < -0.3 is 0 Å². The molecular formula is C31H24N4Si. The predicted molar refractivity (Wildman–Crippen MR) is 154 cm³/mol. The first kappa shape index (κ1) is 22.1. The Kier molecular flexibility index (Phi) is 5.32. The van der Waals surface area contributed by atoms with Crippen LogP contribution in [-0.4, -0.2) is 30.9 Å². The lowest BCUT2D eigenvalue weighted by Crippen LogP contribution is -2.16. The largest absolute Gasteiger partial charge is 0.249 e. The average molecular weight is 481 g/mol. The molecule has 172 valence electrons. The number of allylic oxidation sites excluding steroid dienone is 12. The summed E-state index contributed by atoms with van der Waals surface area (Å²) >= 11 is 0. The van der Waals surface area contributed by atoms with E-state index < -0.39 is 8.07 Å². The van der Waals surface area contributed by atoms with E-state index in [1.807, 2.05) is 60.8 Å². The zero-order valence-corrected chi connectivity index (χ0v) is 21.4. The van der Waals surface area contributed by atoms with Crippen molar-refractivity contribution in [3.63, 3.8) is 0 Å². The van der Waals surface area contributed by atoms with Crippen molar-refractivity contribution in [2.45, 2.75) is 19.6 Å². The number of nitrogens with zero attached hydrogens (tertiary/aromatic N) is 4. The Morgan fingerprint density at radius 3 is 1.64 bits per heavy atom. The molecule has 36 heavy (non-hydrogen) atoms. The normalized spacial score (nSPS) is 19.4. The van der Waals surface area contributed by atoms with Crippen molar-refractivity contribution in [3.8, 4) is 11.5 Å². The van der Waals surface area contributed by atoms with Crippen LogP contribution in [0.3, 0.4) is 0 Å². The van der Waals surface area contributed by atoms with Gasteiger partial charge in [0.1, 0.15) is 8.07 Å². The number of hydrogen-bond donors (Lipinski definition) is 0. The summed E-state index contributed by atoms with van der Waals surface area (Å²) in [6, 6.07) is 8.43. The van der Waals surface area contributed by atoms with Crippen LogP contribution < -0.4 is 0 Å². The molecule has 0 spiro atoms. The molecule has 5 aliphatic rings. The summed E-state index contributed by atoms with van der Waals surface area (Å²) in [4.78, 5) is 19.1. The highest BCUT2D eigenvalue weighted by Crippen LogP contribution is 2.29. The quantitative estimate of drug-likeness (QED) is 0.333. The molecular weight excluding hydrogens is 456 g/mol. The van der Waals surface area contributed by atoms with Gasteiger partial charge in [-0.3, -0.25) is 0 Å². The Morgan fingerprint density at radius 1 is 0.556 bits per heavy atom. The van der Waals surface area contributed by atoms with E-state index in [1.54, 1.807) is 0 Å². The Labute approximate surface area is 212 Å². The number of rotatable bonds is 1. The second kappa shape index (κ2) is 8.67. The zero-order chi connectivity index (χ0) is 24.7. The molecule has 0 amide bonds. The first-order valence-corrected chi connectivity index (χ1v) is 15.5. The average Bonchev–Trinajstić information content (AvgIpc) is 3.63. The van der Waals surface area contributed by atoms with E-state index in [0.29, 0.717) is 0 Å². The first-order valence-electron chi connectivity index (χ1n) is 12.0. The summed E-state index contributed by atoms with van der Waals surface area (Å²) in [5, 5.41) is 0. The summed E-state index contributed by atoms with van der Waals surface area (Å²) in [6.45, 7) is 6.77. The molecule has 0 fully saturated rings. The fraction of sp³-hybridized carbons (Fsp3) is 0.0968. The molecule has 0 unspecified atom stereocenters. The van der Waals surface area contributed by atoms with Crippen molar-refractivity contribution in [1.29, 1.82) is 0 Å². The molecule has 0 aliphatic carbocycles. The van der Waals surface area contributed by atoms with Crippen LogP contribution in [0.15, 0.2) is 134 Å². The van der Waals surface area contributed by atoms with E-state index >= 15 is 0 Å². The third-order valence-corrected chi connectivity index (χ3v) is 6.69. The van der Waals surface area contributed by atoms with Crippen LogP contribution >= 0.6 is 0 Å². The van der Waals surface area contributed by atoms with E-state index in [9.17, 15) is 0 Å². The first-order chi connectivity index (χ1) is 17.4. The minimum absolute atomic E-state index is 0.864. The van der Waals surface area contributed by atoms with Crippen LogP contribution in [0, 0.1) is 11.5 Å². The smallest absolute Gasteiger partial charge is 0.129 e. The number of fused-ring (bicyclic) bond motifs is 4. The van der Waals surface area contributed by atoms with Gasteiger partial charge in [-0.25, -0.2) is 20.0 Å².